The van der Waals surface area contributed by atoms with Gasteiger partial charge in [0.05, 0.1) is 23.1 Å². The maximum Gasteiger partial charge on any atom is 0.257 e. The third-order valence-corrected chi connectivity index (χ3v) is 6.41. The Bertz CT molecular complexity index is 1120. The fourth-order valence-corrected chi connectivity index (χ4v) is 4.63. The second-order valence-electron chi connectivity index (χ2n) is 9.00. The average molecular weight is 460 g/mol. The van der Waals surface area contributed by atoms with E-state index in [-0.39, 0.29) is 12.1 Å². The minimum Gasteiger partial charge on any atom is -0.331 e. The topological polar surface area (TPSA) is 38.1 Å². The highest BCUT2D eigenvalue weighted by molar-refractivity contribution is 6.31. The zero-order chi connectivity index (χ0) is 22.8. The molecule has 2 aromatic carbocycles. The Morgan fingerprint density at radius 3 is 2.62 bits per heavy atom. The summed E-state index contributed by atoms with van der Waals surface area (Å²) >= 11 is 6.28. The summed E-state index contributed by atoms with van der Waals surface area (Å²) in [7, 11) is 0. The van der Waals surface area contributed by atoms with E-state index < -0.39 is 17.5 Å². The number of halogens is 3. The number of aromatic nitrogens is 2. The van der Waals surface area contributed by atoms with Crippen LogP contribution in [-0.4, -0.2) is 26.9 Å². The first-order valence-corrected chi connectivity index (χ1v) is 11.6. The Kier molecular flexibility index (Phi) is 6.79. The molecule has 170 valence electrons. The number of rotatable bonds is 7. The highest BCUT2D eigenvalue weighted by Crippen LogP contribution is 2.35. The van der Waals surface area contributed by atoms with Crippen LogP contribution >= 0.6 is 11.6 Å². The predicted molar refractivity (Wildman–Crippen MR) is 123 cm³/mol. The van der Waals surface area contributed by atoms with E-state index in [4.69, 9.17) is 16.6 Å². The van der Waals surface area contributed by atoms with Crippen LogP contribution < -0.4 is 0 Å². The zero-order valence-corrected chi connectivity index (χ0v) is 19.2. The van der Waals surface area contributed by atoms with Crippen molar-refractivity contribution in [1.29, 1.82) is 0 Å². The predicted octanol–water partition coefficient (Wildman–Crippen LogP) is 6.77. The molecule has 0 unspecified atom stereocenters. The molecule has 1 heterocycles. The van der Waals surface area contributed by atoms with Crippen molar-refractivity contribution in [3.05, 3.63) is 64.4 Å². The number of benzene rings is 2. The first-order valence-electron chi connectivity index (χ1n) is 11.2. The number of nitrogens with zero attached hydrogens (tertiary/aromatic N) is 3. The second kappa shape index (κ2) is 9.57. The number of imidazole rings is 1. The molecule has 0 aliphatic heterocycles. The van der Waals surface area contributed by atoms with Crippen molar-refractivity contribution in [2.24, 2.45) is 5.92 Å². The molecular formula is C25H28ClF2N3O. The maximum atomic E-state index is 14.4. The van der Waals surface area contributed by atoms with Gasteiger partial charge in [-0.15, -0.1) is 0 Å². The van der Waals surface area contributed by atoms with E-state index in [1.54, 1.807) is 4.90 Å². The first-order chi connectivity index (χ1) is 15.3. The normalized spacial score (nSPS) is 14.6. The Balaban J connectivity index is 1.73. The molecule has 32 heavy (non-hydrogen) atoms. The van der Waals surface area contributed by atoms with Crippen molar-refractivity contribution < 1.29 is 13.6 Å². The summed E-state index contributed by atoms with van der Waals surface area (Å²) in [4.78, 5) is 19.8. The number of hydrogen-bond donors (Lipinski definition) is 0. The van der Waals surface area contributed by atoms with Crippen molar-refractivity contribution in [2.45, 2.75) is 58.5 Å². The Morgan fingerprint density at radius 1 is 1.19 bits per heavy atom. The monoisotopic (exact) mass is 459 g/mol. The summed E-state index contributed by atoms with van der Waals surface area (Å²) in [5.74, 6) is -0.857. The molecule has 7 heteroatoms. The van der Waals surface area contributed by atoms with E-state index in [9.17, 15) is 13.6 Å². The zero-order valence-electron chi connectivity index (χ0n) is 18.5. The van der Waals surface area contributed by atoms with Crippen LogP contribution in [0.25, 0.3) is 11.0 Å². The van der Waals surface area contributed by atoms with Gasteiger partial charge in [0.25, 0.3) is 5.91 Å². The van der Waals surface area contributed by atoms with Crippen molar-refractivity contribution in [2.75, 3.05) is 6.54 Å². The number of fused-ring (bicyclic) bond motifs is 1. The molecule has 0 saturated heterocycles. The summed E-state index contributed by atoms with van der Waals surface area (Å²) in [6, 6.07) is 9.02. The van der Waals surface area contributed by atoms with Gasteiger partial charge in [-0.05, 0) is 55.5 Å². The third kappa shape index (κ3) is 4.80. The van der Waals surface area contributed by atoms with Crippen LogP contribution in [0, 0.1) is 17.6 Å². The van der Waals surface area contributed by atoms with Gasteiger partial charge in [0, 0.05) is 23.7 Å². The lowest BCUT2D eigenvalue weighted by Gasteiger charge is -2.25. The van der Waals surface area contributed by atoms with Crippen LogP contribution in [0.1, 0.15) is 68.2 Å². The van der Waals surface area contributed by atoms with Crippen LogP contribution in [0.15, 0.2) is 36.4 Å². The Morgan fingerprint density at radius 2 is 1.94 bits per heavy atom. The largest absolute Gasteiger partial charge is 0.331 e. The van der Waals surface area contributed by atoms with Crippen LogP contribution in [0.3, 0.4) is 0 Å². The van der Waals surface area contributed by atoms with Crippen molar-refractivity contribution in [1.82, 2.24) is 14.5 Å². The summed E-state index contributed by atoms with van der Waals surface area (Å²) in [6.07, 6.45) is 5.18. The van der Waals surface area contributed by atoms with Gasteiger partial charge in [-0.1, -0.05) is 38.3 Å². The SMILES string of the molecule is CC(C)CCN(Cc1nc2ccc(Cl)cc2n1C1CCCC1)C(=O)c1ccc(F)cc1F. The molecule has 0 N–H and O–H groups in total. The van der Waals surface area contributed by atoms with Crippen LogP contribution in [0.2, 0.25) is 5.02 Å². The number of carbonyl (C=O) groups is 1. The summed E-state index contributed by atoms with van der Waals surface area (Å²) in [6.45, 7) is 4.88. The Labute approximate surface area is 192 Å². The van der Waals surface area contributed by atoms with Crippen molar-refractivity contribution >= 4 is 28.5 Å². The van der Waals surface area contributed by atoms with E-state index in [1.807, 2.05) is 18.2 Å². The van der Waals surface area contributed by atoms with Crippen molar-refractivity contribution in [3.63, 3.8) is 0 Å². The number of carbonyl (C=O) groups excluding carboxylic acids is 1. The fraction of sp³-hybridized carbons (Fsp3) is 0.440. The maximum absolute atomic E-state index is 14.4. The van der Waals surface area contributed by atoms with Crippen LogP contribution in [-0.2, 0) is 6.54 Å². The summed E-state index contributed by atoms with van der Waals surface area (Å²) in [5, 5.41) is 0.643. The summed E-state index contributed by atoms with van der Waals surface area (Å²) in [5.41, 5.74) is 1.67. The highest BCUT2D eigenvalue weighted by Gasteiger charge is 2.26. The molecule has 3 aromatic rings. The van der Waals surface area contributed by atoms with Gasteiger partial charge in [0.1, 0.15) is 17.5 Å². The van der Waals surface area contributed by atoms with Gasteiger partial charge in [-0.25, -0.2) is 13.8 Å². The molecule has 4 rings (SSSR count). The van der Waals surface area contributed by atoms with E-state index in [0.29, 0.717) is 23.5 Å². The molecular weight excluding hydrogens is 432 g/mol. The first kappa shape index (κ1) is 22.7. The van der Waals surface area contributed by atoms with Gasteiger partial charge in [-0.3, -0.25) is 4.79 Å². The lowest BCUT2D eigenvalue weighted by atomic mass is 10.1. The molecule has 1 aromatic heterocycles. The van der Waals surface area contributed by atoms with Gasteiger partial charge >= 0.3 is 0 Å². The molecule has 0 atom stereocenters. The molecule has 1 fully saturated rings. The minimum absolute atomic E-state index is 0.123. The lowest BCUT2D eigenvalue weighted by molar-refractivity contribution is 0.0723. The highest BCUT2D eigenvalue weighted by atomic mass is 35.5. The summed E-state index contributed by atoms with van der Waals surface area (Å²) < 4.78 is 30.0. The molecule has 1 aliphatic carbocycles. The van der Waals surface area contributed by atoms with E-state index in [0.717, 1.165) is 61.1 Å². The molecule has 1 amide bonds. The van der Waals surface area contributed by atoms with Crippen LogP contribution in [0.5, 0.6) is 0 Å². The molecule has 1 aliphatic rings. The smallest absolute Gasteiger partial charge is 0.257 e. The van der Waals surface area contributed by atoms with E-state index in [1.165, 1.54) is 6.07 Å². The van der Waals surface area contributed by atoms with Gasteiger partial charge in [0.15, 0.2) is 0 Å². The number of hydrogen-bond acceptors (Lipinski definition) is 2. The number of amides is 1. The molecule has 0 spiro atoms. The quantitative estimate of drug-likeness (QED) is 0.391. The second-order valence-corrected chi connectivity index (χ2v) is 9.44. The third-order valence-electron chi connectivity index (χ3n) is 6.17. The van der Waals surface area contributed by atoms with E-state index in [2.05, 4.69) is 18.4 Å². The van der Waals surface area contributed by atoms with Gasteiger partial charge in [-0.2, -0.15) is 0 Å². The lowest BCUT2D eigenvalue weighted by Crippen LogP contribution is -2.34. The molecule has 1 saturated carbocycles. The van der Waals surface area contributed by atoms with Crippen molar-refractivity contribution in [3.8, 4) is 0 Å². The van der Waals surface area contributed by atoms with Crippen LogP contribution in [0.4, 0.5) is 8.78 Å². The molecule has 0 radical (unpaired) electrons. The Hall–Kier alpha value is -2.47. The molecule has 4 nitrogen and oxygen atoms in total. The molecule has 0 bridgehead atoms. The van der Waals surface area contributed by atoms with Gasteiger partial charge < -0.3 is 9.47 Å². The fourth-order valence-electron chi connectivity index (χ4n) is 4.47. The van der Waals surface area contributed by atoms with Gasteiger partial charge in [0.2, 0.25) is 0 Å². The minimum atomic E-state index is -0.847. The van der Waals surface area contributed by atoms with E-state index >= 15 is 0 Å². The average Bonchev–Trinajstić information content (AvgIpc) is 3.37. The standard InChI is InChI=1S/C25H28ClF2N3O/c1-16(2)11-12-30(25(32)20-9-8-18(27)14-21(20)28)15-24-29-22-10-7-17(26)13-23(22)31(24)19-5-3-4-6-19/h7-10,13-14,16,19H,3-6,11-12,15H2,1-2H3.